The van der Waals surface area contributed by atoms with Gasteiger partial charge in [-0.05, 0) is 50.2 Å². The Kier molecular flexibility index (Phi) is 5.88. The molecule has 0 atom stereocenters. The van der Waals surface area contributed by atoms with Crippen LogP contribution in [-0.2, 0) is 14.8 Å². The Morgan fingerprint density at radius 1 is 1.17 bits per heavy atom. The Balaban J connectivity index is 1.91. The molecule has 152 valence electrons. The second kappa shape index (κ2) is 8.36. The van der Waals surface area contributed by atoms with Crippen LogP contribution >= 0.6 is 0 Å². The maximum atomic E-state index is 12.9. The number of nitrogens with zero attached hydrogens (tertiary/aromatic N) is 1. The number of hydrogen-bond acceptors (Lipinski definition) is 7. The Morgan fingerprint density at radius 2 is 1.97 bits per heavy atom. The number of carbonyl (C=O) groups excluding carboxylic acids is 1. The summed E-state index contributed by atoms with van der Waals surface area (Å²) in [5.74, 6) is 0.114. The molecule has 0 radical (unpaired) electrons. The molecular weight excluding hydrogens is 396 g/mol. The average molecular weight is 416 g/mol. The van der Waals surface area contributed by atoms with Gasteiger partial charge in [-0.2, -0.15) is 0 Å². The molecule has 1 N–H and O–H groups in total. The molecule has 0 aliphatic rings. The molecule has 1 aromatic heterocycles. The normalized spacial score (nSPS) is 11.1. The summed E-state index contributed by atoms with van der Waals surface area (Å²) in [5, 5.41) is 3.83. The zero-order valence-electron chi connectivity index (χ0n) is 16.1. The van der Waals surface area contributed by atoms with Crippen LogP contribution in [0.1, 0.15) is 23.0 Å². The third-order valence-electron chi connectivity index (χ3n) is 3.99. The summed E-state index contributed by atoms with van der Waals surface area (Å²) in [6, 6.07) is 12.4. The highest BCUT2D eigenvalue weighted by molar-refractivity contribution is 7.92. The summed E-state index contributed by atoms with van der Waals surface area (Å²) < 4.78 is 43.7. The van der Waals surface area contributed by atoms with Crippen molar-refractivity contribution in [2.45, 2.75) is 18.7 Å². The lowest BCUT2D eigenvalue weighted by atomic mass is 10.1. The summed E-state index contributed by atoms with van der Waals surface area (Å²) in [4.78, 5) is 11.8. The predicted molar refractivity (Wildman–Crippen MR) is 106 cm³/mol. The third-order valence-corrected chi connectivity index (χ3v) is 5.41. The fourth-order valence-corrected chi connectivity index (χ4v) is 3.88. The first-order chi connectivity index (χ1) is 13.8. The number of anilines is 1. The third kappa shape index (κ3) is 4.57. The second-order valence-electron chi connectivity index (χ2n) is 6.10. The summed E-state index contributed by atoms with van der Waals surface area (Å²) in [6.07, 6.45) is 0. The highest BCUT2D eigenvalue weighted by atomic mass is 32.2. The van der Waals surface area contributed by atoms with Gasteiger partial charge >= 0.3 is 5.97 Å². The van der Waals surface area contributed by atoms with E-state index in [1.807, 2.05) is 0 Å². The number of ether oxygens (including phenoxy) is 2. The monoisotopic (exact) mass is 416 g/mol. The maximum absolute atomic E-state index is 12.9. The number of benzene rings is 2. The minimum absolute atomic E-state index is 0.0541. The van der Waals surface area contributed by atoms with Crippen LogP contribution in [0.4, 0.5) is 5.69 Å². The molecule has 8 nitrogen and oxygen atoms in total. The minimum atomic E-state index is -3.98. The number of hydrogen-bond donors (Lipinski definition) is 1. The van der Waals surface area contributed by atoms with Gasteiger partial charge < -0.3 is 14.0 Å². The van der Waals surface area contributed by atoms with Gasteiger partial charge in [-0.3, -0.25) is 4.72 Å². The first kappa shape index (κ1) is 20.4. The molecule has 3 aromatic rings. The lowest BCUT2D eigenvalue weighted by Crippen LogP contribution is -2.15. The van der Waals surface area contributed by atoms with Crippen LogP contribution in [-0.4, -0.2) is 33.3 Å². The number of aryl methyl sites for hydroxylation is 1. The van der Waals surface area contributed by atoms with Gasteiger partial charge in [0.25, 0.3) is 10.0 Å². The first-order valence-corrected chi connectivity index (χ1v) is 10.2. The molecule has 3 rings (SSSR count). The van der Waals surface area contributed by atoms with Gasteiger partial charge in [-0.25, -0.2) is 13.2 Å². The summed E-state index contributed by atoms with van der Waals surface area (Å²) >= 11 is 0. The van der Waals surface area contributed by atoms with Crippen molar-refractivity contribution in [3.63, 3.8) is 0 Å². The summed E-state index contributed by atoms with van der Waals surface area (Å²) in [7, 11) is -2.60. The standard InChI is InChI=1S/C20H20N2O6S/c1-4-27-20(23)15-6-5-7-16(11-15)22-29(24,25)19-9-8-14(12-18(19)26-3)17-10-13(2)21-28-17/h5-12,22H,4H2,1-3H3. The van der Waals surface area contributed by atoms with Gasteiger partial charge in [0.15, 0.2) is 5.76 Å². The van der Waals surface area contributed by atoms with E-state index in [1.165, 1.54) is 19.2 Å². The Hall–Kier alpha value is -3.33. The molecule has 0 fully saturated rings. The van der Waals surface area contributed by atoms with Crippen LogP contribution in [0.25, 0.3) is 11.3 Å². The molecular formula is C20H20N2O6S. The molecule has 0 saturated heterocycles. The molecule has 1 heterocycles. The van der Waals surface area contributed by atoms with Crippen LogP contribution < -0.4 is 9.46 Å². The lowest BCUT2D eigenvalue weighted by molar-refractivity contribution is 0.0526. The van der Waals surface area contributed by atoms with Crippen LogP contribution in [0.15, 0.2) is 57.9 Å². The maximum Gasteiger partial charge on any atom is 0.338 e. The number of carbonyl (C=O) groups is 1. The molecule has 0 unspecified atom stereocenters. The fourth-order valence-electron chi connectivity index (χ4n) is 2.68. The SMILES string of the molecule is CCOC(=O)c1cccc(NS(=O)(=O)c2ccc(-c3cc(C)no3)cc2OC)c1. The number of methoxy groups -OCH3 is 1. The summed E-state index contributed by atoms with van der Waals surface area (Å²) in [6.45, 7) is 3.71. The molecule has 29 heavy (non-hydrogen) atoms. The number of esters is 1. The smallest absolute Gasteiger partial charge is 0.338 e. The second-order valence-corrected chi connectivity index (χ2v) is 7.76. The van der Waals surface area contributed by atoms with E-state index in [0.29, 0.717) is 17.0 Å². The van der Waals surface area contributed by atoms with Crippen molar-refractivity contribution < 1.29 is 27.2 Å². The van der Waals surface area contributed by atoms with Crippen molar-refractivity contribution in [1.29, 1.82) is 0 Å². The Labute approximate surface area is 168 Å². The topological polar surface area (TPSA) is 108 Å². The molecule has 0 saturated carbocycles. The Bertz CT molecular complexity index is 1140. The fraction of sp³-hybridized carbons (Fsp3) is 0.200. The summed E-state index contributed by atoms with van der Waals surface area (Å²) in [5.41, 5.74) is 1.81. The van der Waals surface area contributed by atoms with Crippen LogP contribution in [0.2, 0.25) is 0 Å². The average Bonchev–Trinajstić information content (AvgIpc) is 3.14. The van der Waals surface area contributed by atoms with Gasteiger partial charge in [0, 0.05) is 17.3 Å². The highest BCUT2D eigenvalue weighted by Crippen LogP contribution is 2.31. The molecule has 2 aromatic carbocycles. The van der Waals surface area contributed by atoms with Gasteiger partial charge in [-0.15, -0.1) is 0 Å². The lowest BCUT2D eigenvalue weighted by Gasteiger charge is -2.13. The molecule has 0 aliphatic carbocycles. The number of nitrogens with one attached hydrogen (secondary N) is 1. The van der Waals surface area contributed by atoms with Gasteiger partial charge in [0.1, 0.15) is 10.6 Å². The largest absolute Gasteiger partial charge is 0.495 e. The van der Waals surface area contributed by atoms with E-state index < -0.39 is 16.0 Å². The molecule has 0 amide bonds. The Morgan fingerprint density at radius 3 is 2.62 bits per heavy atom. The number of sulfonamides is 1. The van der Waals surface area contributed by atoms with Crippen molar-refractivity contribution in [3.05, 3.63) is 59.8 Å². The van der Waals surface area contributed by atoms with Crippen molar-refractivity contribution in [2.75, 3.05) is 18.4 Å². The van der Waals surface area contributed by atoms with Gasteiger partial charge in [-0.1, -0.05) is 11.2 Å². The van der Waals surface area contributed by atoms with Gasteiger partial charge in [0.05, 0.1) is 25.0 Å². The number of aromatic nitrogens is 1. The van der Waals surface area contributed by atoms with Crippen LogP contribution in [0.3, 0.4) is 0 Å². The van der Waals surface area contributed by atoms with E-state index in [1.54, 1.807) is 50.2 Å². The minimum Gasteiger partial charge on any atom is -0.495 e. The molecule has 0 spiro atoms. The van der Waals surface area contributed by atoms with E-state index in [2.05, 4.69) is 9.88 Å². The van der Waals surface area contributed by atoms with Gasteiger partial charge in [0.2, 0.25) is 0 Å². The molecule has 9 heteroatoms. The quantitative estimate of drug-likeness (QED) is 0.586. The zero-order chi connectivity index (χ0) is 21.0. The van der Waals surface area contributed by atoms with Crippen molar-refractivity contribution in [3.8, 4) is 17.1 Å². The molecule has 0 bridgehead atoms. The van der Waals surface area contributed by atoms with E-state index >= 15 is 0 Å². The predicted octanol–water partition coefficient (Wildman–Crippen LogP) is 3.64. The van der Waals surface area contributed by atoms with Crippen molar-refractivity contribution >= 4 is 21.7 Å². The first-order valence-electron chi connectivity index (χ1n) is 8.76. The highest BCUT2D eigenvalue weighted by Gasteiger charge is 2.21. The van der Waals surface area contributed by atoms with E-state index in [0.717, 1.165) is 0 Å². The van der Waals surface area contributed by atoms with Crippen LogP contribution in [0, 0.1) is 6.92 Å². The van der Waals surface area contributed by atoms with E-state index in [4.69, 9.17) is 14.0 Å². The molecule has 0 aliphatic heterocycles. The number of rotatable bonds is 7. The van der Waals surface area contributed by atoms with E-state index in [-0.39, 0.29) is 28.5 Å². The van der Waals surface area contributed by atoms with Crippen LogP contribution in [0.5, 0.6) is 5.75 Å². The zero-order valence-corrected chi connectivity index (χ0v) is 16.9. The van der Waals surface area contributed by atoms with Crippen molar-refractivity contribution in [2.24, 2.45) is 0 Å². The van der Waals surface area contributed by atoms with Crippen molar-refractivity contribution in [1.82, 2.24) is 5.16 Å². The van der Waals surface area contributed by atoms with E-state index in [9.17, 15) is 13.2 Å².